The van der Waals surface area contributed by atoms with Gasteiger partial charge in [-0.15, -0.1) is 0 Å². The lowest BCUT2D eigenvalue weighted by molar-refractivity contribution is -0.128. The summed E-state index contributed by atoms with van der Waals surface area (Å²) in [6.45, 7) is 10.9. The Hall–Kier alpha value is -2.93. The van der Waals surface area contributed by atoms with Crippen molar-refractivity contribution in [1.29, 1.82) is 0 Å². The maximum absolute atomic E-state index is 12.8. The number of benzene rings is 2. The van der Waals surface area contributed by atoms with E-state index < -0.39 is 5.41 Å². The first-order valence-electron chi connectivity index (χ1n) is 11.3. The third-order valence-electron chi connectivity index (χ3n) is 5.34. The van der Waals surface area contributed by atoms with Crippen LogP contribution in [0.5, 0.6) is 5.75 Å². The summed E-state index contributed by atoms with van der Waals surface area (Å²) < 4.78 is 5.91. The van der Waals surface area contributed by atoms with Crippen molar-refractivity contribution in [2.75, 3.05) is 18.5 Å². The fraction of sp³-hybridized carbons (Fsp3) is 0.423. The number of amides is 2. The summed E-state index contributed by atoms with van der Waals surface area (Å²) >= 11 is 5.34. The Balaban J connectivity index is 1.87. The van der Waals surface area contributed by atoms with Crippen LogP contribution in [0.1, 0.15) is 61.5 Å². The molecule has 0 atom stereocenters. The molecule has 3 N–H and O–H groups in total. The van der Waals surface area contributed by atoms with Crippen molar-refractivity contribution in [2.24, 2.45) is 5.41 Å². The molecule has 33 heavy (non-hydrogen) atoms. The SMILES string of the molecule is CCCNC(=O)c1ccccc1NC(=S)NC(=O)C(C)(C)CCCOc1cc(C)ccc1C. The van der Waals surface area contributed by atoms with Gasteiger partial charge in [-0.1, -0.05) is 45.0 Å². The molecular formula is C26H35N3O3S. The van der Waals surface area contributed by atoms with Gasteiger partial charge in [-0.2, -0.15) is 0 Å². The number of carbonyl (C=O) groups excluding carboxylic acids is 2. The monoisotopic (exact) mass is 469 g/mol. The van der Waals surface area contributed by atoms with Gasteiger partial charge in [0, 0.05) is 12.0 Å². The molecule has 0 saturated carbocycles. The molecule has 0 aliphatic heterocycles. The molecule has 2 rings (SSSR count). The molecule has 0 aliphatic carbocycles. The second-order valence-electron chi connectivity index (χ2n) is 8.81. The number of anilines is 1. The maximum Gasteiger partial charge on any atom is 0.253 e. The predicted octanol–water partition coefficient (Wildman–Crippen LogP) is 5.14. The van der Waals surface area contributed by atoms with Gasteiger partial charge in [-0.25, -0.2) is 0 Å². The second kappa shape index (κ2) is 12.3. The summed E-state index contributed by atoms with van der Waals surface area (Å²) in [5, 5.41) is 8.76. The normalized spacial score (nSPS) is 10.9. The average molecular weight is 470 g/mol. The van der Waals surface area contributed by atoms with E-state index in [1.54, 1.807) is 18.2 Å². The van der Waals surface area contributed by atoms with E-state index in [0.717, 1.165) is 29.7 Å². The van der Waals surface area contributed by atoms with Gasteiger partial charge in [-0.05, 0) is 74.7 Å². The van der Waals surface area contributed by atoms with Crippen LogP contribution in [-0.2, 0) is 4.79 Å². The summed E-state index contributed by atoms with van der Waals surface area (Å²) in [5.74, 6) is 0.516. The van der Waals surface area contributed by atoms with E-state index in [0.29, 0.717) is 30.8 Å². The number of rotatable bonds is 10. The molecule has 0 aromatic heterocycles. The van der Waals surface area contributed by atoms with E-state index >= 15 is 0 Å². The van der Waals surface area contributed by atoms with Crippen LogP contribution in [0, 0.1) is 19.3 Å². The number of aryl methyl sites for hydroxylation is 2. The van der Waals surface area contributed by atoms with Gasteiger partial charge >= 0.3 is 0 Å². The molecule has 2 aromatic carbocycles. The van der Waals surface area contributed by atoms with Crippen LogP contribution in [0.15, 0.2) is 42.5 Å². The van der Waals surface area contributed by atoms with Gasteiger partial charge in [-0.3, -0.25) is 9.59 Å². The first-order valence-corrected chi connectivity index (χ1v) is 11.7. The predicted molar refractivity (Wildman–Crippen MR) is 138 cm³/mol. The van der Waals surface area contributed by atoms with E-state index in [2.05, 4.69) is 22.0 Å². The summed E-state index contributed by atoms with van der Waals surface area (Å²) in [6, 6.07) is 13.2. The summed E-state index contributed by atoms with van der Waals surface area (Å²) in [5.41, 5.74) is 2.65. The number of ether oxygens (including phenoxy) is 1. The van der Waals surface area contributed by atoms with Crippen molar-refractivity contribution in [3.63, 3.8) is 0 Å². The fourth-order valence-corrected chi connectivity index (χ4v) is 3.42. The molecule has 0 heterocycles. The number of carbonyl (C=O) groups is 2. The second-order valence-corrected chi connectivity index (χ2v) is 9.22. The zero-order valence-corrected chi connectivity index (χ0v) is 21.0. The zero-order valence-electron chi connectivity index (χ0n) is 20.2. The van der Waals surface area contributed by atoms with Crippen molar-refractivity contribution in [2.45, 2.75) is 53.9 Å². The molecule has 0 radical (unpaired) electrons. The Morgan fingerprint density at radius 1 is 1.09 bits per heavy atom. The molecule has 2 aromatic rings. The summed E-state index contributed by atoms with van der Waals surface area (Å²) in [4.78, 5) is 25.2. The smallest absolute Gasteiger partial charge is 0.253 e. The van der Waals surface area contributed by atoms with Crippen molar-refractivity contribution in [3.05, 3.63) is 59.2 Å². The third-order valence-corrected chi connectivity index (χ3v) is 5.55. The van der Waals surface area contributed by atoms with Gasteiger partial charge in [0.05, 0.1) is 17.9 Å². The van der Waals surface area contributed by atoms with Crippen molar-refractivity contribution < 1.29 is 14.3 Å². The molecule has 0 aliphatic rings. The maximum atomic E-state index is 12.8. The highest BCUT2D eigenvalue weighted by Gasteiger charge is 2.28. The Morgan fingerprint density at radius 2 is 1.82 bits per heavy atom. The van der Waals surface area contributed by atoms with Gasteiger partial charge in [0.25, 0.3) is 5.91 Å². The first-order chi connectivity index (χ1) is 15.6. The van der Waals surface area contributed by atoms with E-state index in [1.165, 1.54) is 0 Å². The highest BCUT2D eigenvalue weighted by molar-refractivity contribution is 7.80. The minimum absolute atomic E-state index is 0.162. The minimum atomic E-state index is -0.630. The first kappa shape index (κ1) is 26.3. The largest absolute Gasteiger partial charge is 0.493 e. The topological polar surface area (TPSA) is 79.5 Å². The molecule has 0 unspecified atom stereocenters. The van der Waals surface area contributed by atoms with Crippen LogP contribution in [0.4, 0.5) is 5.69 Å². The molecule has 6 nitrogen and oxygen atoms in total. The third kappa shape index (κ3) is 8.17. The van der Waals surface area contributed by atoms with Crippen LogP contribution >= 0.6 is 12.2 Å². The van der Waals surface area contributed by atoms with Crippen LogP contribution in [0.25, 0.3) is 0 Å². The van der Waals surface area contributed by atoms with E-state index in [-0.39, 0.29) is 16.9 Å². The lowest BCUT2D eigenvalue weighted by atomic mass is 9.87. The molecular weight excluding hydrogens is 434 g/mol. The van der Waals surface area contributed by atoms with Crippen LogP contribution in [-0.4, -0.2) is 30.1 Å². The van der Waals surface area contributed by atoms with Crippen molar-refractivity contribution >= 4 is 34.8 Å². The van der Waals surface area contributed by atoms with Gasteiger partial charge in [0.1, 0.15) is 5.75 Å². The number of para-hydroxylation sites is 1. The Bertz CT molecular complexity index is 988. The number of nitrogens with one attached hydrogen (secondary N) is 3. The fourth-order valence-electron chi connectivity index (χ4n) is 3.22. The van der Waals surface area contributed by atoms with Crippen molar-refractivity contribution in [3.8, 4) is 5.75 Å². The van der Waals surface area contributed by atoms with Crippen LogP contribution in [0.2, 0.25) is 0 Å². The zero-order chi connectivity index (χ0) is 24.4. The molecule has 0 saturated heterocycles. The molecule has 0 fully saturated rings. The van der Waals surface area contributed by atoms with Gasteiger partial charge < -0.3 is 20.7 Å². The average Bonchev–Trinajstić information content (AvgIpc) is 2.77. The van der Waals surface area contributed by atoms with Crippen LogP contribution < -0.4 is 20.7 Å². The summed E-state index contributed by atoms with van der Waals surface area (Å²) in [6.07, 6.45) is 2.22. The highest BCUT2D eigenvalue weighted by atomic mass is 32.1. The highest BCUT2D eigenvalue weighted by Crippen LogP contribution is 2.24. The minimum Gasteiger partial charge on any atom is -0.493 e. The van der Waals surface area contributed by atoms with Crippen LogP contribution in [0.3, 0.4) is 0 Å². The van der Waals surface area contributed by atoms with E-state index in [9.17, 15) is 9.59 Å². The number of hydrogen-bond acceptors (Lipinski definition) is 4. The molecule has 178 valence electrons. The molecule has 7 heteroatoms. The van der Waals surface area contributed by atoms with E-state index in [1.807, 2.05) is 52.8 Å². The Morgan fingerprint density at radius 3 is 2.55 bits per heavy atom. The Kier molecular flexibility index (Phi) is 9.85. The standard InChI is InChI=1S/C26H35N3O3S/c1-6-15-27-23(30)20-10-7-8-11-21(20)28-25(33)29-24(31)26(4,5)14-9-16-32-22-17-18(2)12-13-19(22)3/h7-8,10-13,17H,6,9,14-16H2,1-5H3,(H,27,30)(H2,28,29,31,33). The number of thiocarbonyl (C=S) groups is 1. The van der Waals surface area contributed by atoms with E-state index in [4.69, 9.17) is 17.0 Å². The van der Waals surface area contributed by atoms with Gasteiger partial charge in [0.15, 0.2) is 5.11 Å². The lowest BCUT2D eigenvalue weighted by Crippen LogP contribution is -2.42. The lowest BCUT2D eigenvalue weighted by Gasteiger charge is -2.24. The molecule has 2 amide bonds. The summed E-state index contributed by atoms with van der Waals surface area (Å²) in [7, 11) is 0. The number of hydrogen-bond donors (Lipinski definition) is 3. The molecule has 0 spiro atoms. The van der Waals surface area contributed by atoms with Gasteiger partial charge in [0.2, 0.25) is 5.91 Å². The molecule has 0 bridgehead atoms. The quantitative estimate of drug-likeness (QED) is 0.332. The van der Waals surface area contributed by atoms with Crippen molar-refractivity contribution in [1.82, 2.24) is 10.6 Å². The Labute approximate surface area is 202 Å².